The van der Waals surface area contributed by atoms with Gasteiger partial charge in [0.1, 0.15) is 4.90 Å². The highest BCUT2D eigenvalue weighted by molar-refractivity contribution is 7.89. The van der Waals surface area contributed by atoms with Gasteiger partial charge in [-0.1, -0.05) is 6.92 Å². The maximum atomic E-state index is 12.9. The first-order valence-electron chi connectivity index (χ1n) is 6.79. The number of rotatable bonds is 6. The molecule has 6 nitrogen and oxygen atoms in total. The zero-order valence-electron chi connectivity index (χ0n) is 12.5. The Labute approximate surface area is 124 Å². The summed E-state index contributed by atoms with van der Waals surface area (Å²) in [5.41, 5.74) is 7.02. The number of nitrogens with one attached hydrogen (secondary N) is 1. The number of fused-ring (bicyclic) bond motifs is 1. The minimum Gasteiger partial charge on any atom is -0.399 e. The standard InChI is InChI=1S/C14H21N3O3S/c1-4-17(10(2)9-20-3)21(18,19)14-8-16-13-7-11(15)5-6-12(13)14/h5-8,10,16H,4,9,15H2,1-3H3. The molecule has 0 fully saturated rings. The number of aromatic amines is 1. The van der Waals surface area contributed by atoms with Crippen LogP contribution in [-0.2, 0) is 14.8 Å². The summed E-state index contributed by atoms with van der Waals surface area (Å²) in [5, 5.41) is 0.646. The first kappa shape index (κ1) is 15.8. The zero-order chi connectivity index (χ0) is 15.6. The van der Waals surface area contributed by atoms with Crippen molar-refractivity contribution in [2.45, 2.75) is 24.8 Å². The van der Waals surface area contributed by atoms with Gasteiger partial charge < -0.3 is 15.5 Å². The molecule has 0 spiro atoms. The molecule has 0 radical (unpaired) electrons. The molecule has 0 saturated heterocycles. The highest BCUT2D eigenvalue weighted by atomic mass is 32.2. The minimum absolute atomic E-state index is 0.233. The van der Waals surface area contributed by atoms with Gasteiger partial charge in [-0.25, -0.2) is 8.42 Å². The summed E-state index contributed by atoms with van der Waals surface area (Å²) in [7, 11) is -2.03. The second kappa shape index (κ2) is 6.05. The first-order chi connectivity index (χ1) is 9.91. The van der Waals surface area contributed by atoms with E-state index in [0.717, 1.165) is 0 Å². The Kier molecular flexibility index (Phi) is 4.55. The molecular weight excluding hydrogens is 290 g/mol. The second-order valence-electron chi connectivity index (χ2n) is 4.97. The number of sulfonamides is 1. The highest BCUT2D eigenvalue weighted by Gasteiger charge is 2.29. The molecule has 0 bridgehead atoms. The number of benzene rings is 1. The van der Waals surface area contributed by atoms with Crippen molar-refractivity contribution >= 4 is 26.6 Å². The number of methoxy groups -OCH3 is 1. The number of aromatic nitrogens is 1. The van der Waals surface area contributed by atoms with E-state index in [2.05, 4.69) is 4.98 Å². The lowest BCUT2D eigenvalue weighted by molar-refractivity contribution is 0.143. The quantitative estimate of drug-likeness (QED) is 0.796. The van der Waals surface area contributed by atoms with Gasteiger partial charge in [-0.15, -0.1) is 0 Å². The van der Waals surface area contributed by atoms with Crippen LogP contribution in [0.4, 0.5) is 5.69 Å². The number of H-pyrrole nitrogens is 1. The molecule has 2 aromatic rings. The van der Waals surface area contributed by atoms with E-state index in [9.17, 15) is 8.42 Å². The maximum absolute atomic E-state index is 12.9. The predicted octanol–water partition coefficient (Wildman–Crippen LogP) is 1.80. The number of nitrogens with zero attached hydrogens (tertiary/aromatic N) is 1. The van der Waals surface area contributed by atoms with Gasteiger partial charge in [0.05, 0.1) is 6.61 Å². The molecule has 1 unspecified atom stereocenters. The van der Waals surface area contributed by atoms with Crippen molar-refractivity contribution in [2.24, 2.45) is 0 Å². The van der Waals surface area contributed by atoms with Gasteiger partial charge in [0.25, 0.3) is 0 Å². The molecule has 0 aliphatic rings. The van der Waals surface area contributed by atoms with Gasteiger partial charge >= 0.3 is 0 Å². The van der Waals surface area contributed by atoms with E-state index in [1.165, 1.54) is 10.5 Å². The number of nitrogen functional groups attached to an aromatic ring is 1. The minimum atomic E-state index is -3.59. The first-order valence-corrected chi connectivity index (χ1v) is 8.23. The number of ether oxygens (including phenoxy) is 1. The van der Waals surface area contributed by atoms with Crippen LogP contribution in [0.5, 0.6) is 0 Å². The van der Waals surface area contributed by atoms with E-state index < -0.39 is 10.0 Å². The lowest BCUT2D eigenvalue weighted by Gasteiger charge is -2.26. The van der Waals surface area contributed by atoms with Gasteiger partial charge in [-0.3, -0.25) is 0 Å². The summed E-state index contributed by atoms with van der Waals surface area (Å²) >= 11 is 0. The lowest BCUT2D eigenvalue weighted by atomic mass is 10.2. The Hall–Kier alpha value is -1.57. The zero-order valence-corrected chi connectivity index (χ0v) is 13.3. The third-order valence-electron chi connectivity index (χ3n) is 3.47. The van der Waals surface area contributed by atoms with Gasteiger partial charge in [-0.2, -0.15) is 4.31 Å². The maximum Gasteiger partial charge on any atom is 0.245 e. The second-order valence-corrected chi connectivity index (χ2v) is 6.83. The lowest BCUT2D eigenvalue weighted by Crippen LogP contribution is -2.40. The van der Waals surface area contributed by atoms with E-state index >= 15 is 0 Å². The Morgan fingerprint density at radius 3 is 2.76 bits per heavy atom. The van der Waals surface area contributed by atoms with Crippen LogP contribution < -0.4 is 5.73 Å². The van der Waals surface area contributed by atoms with Crippen LogP contribution >= 0.6 is 0 Å². The fourth-order valence-electron chi connectivity index (χ4n) is 2.50. The number of anilines is 1. The summed E-state index contributed by atoms with van der Waals surface area (Å²) in [5.74, 6) is 0. The largest absolute Gasteiger partial charge is 0.399 e. The molecule has 0 saturated carbocycles. The number of likely N-dealkylation sites (N-methyl/N-ethyl adjacent to an activating group) is 1. The van der Waals surface area contributed by atoms with Gasteiger partial charge in [-0.05, 0) is 25.1 Å². The van der Waals surface area contributed by atoms with Crippen molar-refractivity contribution in [3.05, 3.63) is 24.4 Å². The third-order valence-corrected chi connectivity index (χ3v) is 5.59. The molecule has 1 aromatic heterocycles. The van der Waals surface area contributed by atoms with Crippen LogP contribution in [-0.4, -0.2) is 44.0 Å². The number of nitrogens with two attached hydrogens (primary N) is 1. The Morgan fingerprint density at radius 1 is 1.43 bits per heavy atom. The summed E-state index contributed by atoms with van der Waals surface area (Å²) < 4.78 is 32.2. The molecule has 0 aliphatic carbocycles. The number of hydrogen-bond acceptors (Lipinski definition) is 4. The predicted molar refractivity (Wildman–Crippen MR) is 83.6 cm³/mol. The molecule has 1 aromatic carbocycles. The average molecular weight is 311 g/mol. The van der Waals surface area contributed by atoms with Crippen LogP contribution in [0.15, 0.2) is 29.3 Å². The molecule has 116 valence electrons. The third kappa shape index (κ3) is 2.90. The molecular formula is C14H21N3O3S. The van der Waals surface area contributed by atoms with Gasteiger partial charge in [0.2, 0.25) is 10.0 Å². The van der Waals surface area contributed by atoms with Crippen molar-refractivity contribution in [2.75, 3.05) is 26.0 Å². The van der Waals surface area contributed by atoms with E-state index in [0.29, 0.717) is 29.7 Å². The molecule has 1 heterocycles. The van der Waals surface area contributed by atoms with Crippen LogP contribution in [0.3, 0.4) is 0 Å². The molecule has 21 heavy (non-hydrogen) atoms. The average Bonchev–Trinajstić information content (AvgIpc) is 2.82. The van der Waals surface area contributed by atoms with Gasteiger partial charge in [0, 0.05) is 42.5 Å². The Balaban J connectivity index is 2.50. The highest BCUT2D eigenvalue weighted by Crippen LogP contribution is 2.27. The molecule has 0 aliphatic heterocycles. The number of hydrogen-bond donors (Lipinski definition) is 2. The monoisotopic (exact) mass is 311 g/mol. The van der Waals surface area contributed by atoms with Gasteiger partial charge in [0.15, 0.2) is 0 Å². The molecule has 1 atom stereocenters. The van der Waals surface area contributed by atoms with Crippen LogP contribution in [0, 0.1) is 0 Å². The normalized spacial score (nSPS) is 13.9. The summed E-state index contributed by atoms with van der Waals surface area (Å²) in [6.45, 7) is 4.38. The van der Waals surface area contributed by atoms with Crippen LogP contribution in [0.1, 0.15) is 13.8 Å². The van der Waals surface area contributed by atoms with E-state index in [-0.39, 0.29) is 10.9 Å². The van der Waals surface area contributed by atoms with Crippen molar-refractivity contribution < 1.29 is 13.2 Å². The SMILES string of the molecule is CCN(C(C)COC)S(=O)(=O)c1c[nH]c2cc(N)ccc12. The van der Waals surface area contributed by atoms with Crippen molar-refractivity contribution in [1.82, 2.24) is 9.29 Å². The molecule has 2 rings (SSSR count). The van der Waals surface area contributed by atoms with E-state index in [4.69, 9.17) is 10.5 Å². The molecule has 3 N–H and O–H groups in total. The summed E-state index contributed by atoms with van der Waals surface area (Å²) in [6, 6.07) is 4.92. The molecule has 7 heteroatoms. The van der Waals surface area contributed by atoms with Crippen LogP contribution in [0.25, 0.3) is 10.9 Å². The Bertz CT molecular complexity index is 724. The van der Waals surface area contributed by atoms with E-state index in [1.54, 1.807) is 25.3 Å². The Morgan fingerprint density at radius 2 is 2.14 bits per heavy atom. The van der Waals surface area contributed by atoms with Crippen molar-refractivity contribution in [1.29, 1.82) is 0 Å². The fraction of sp³-hybridized carbons (Fsp3) is 0.429. The summed E-state index contributed by atoms with van der Waals surface area (Å²) in [4.78, 5) is 3.23. The van der Waals surface area contributed by atoms with Crippen LogP contribution in [0.2, 0.25) is 0 Å². The molecule has 0 amide bonds. The smallest absolute Gasteiger partial charge is 0.245 e. The summed E-state index contributed by atoms with van der Waals surface area (Å²) in [6.07, 6.45) is 1.52. The van der Waals surface area contributed by atoms with Crippen molar-refractivity contribution in [3.8, 4) is 0 Å². The fourth-order valence-corrected chi connectivity index (χ4v) is 4.29. The van der Waals surface area contributed by atoms with Crippen molar-refractivity contribution in [3.63, 3.8) is 0 Å². The topological polar surface area (TPSA) is 88.4 Å². The van der Waals surface area contributed by atoms with E-state index in [1.807, 2.05) is 13.8 Å².